The van der Waals surface area contributed by atoms with E-state index in [0.717, 1.165) is 0 Å². The third-order valence-electron chi connectivity index (χ3n) is 5.02. The van der Waals surface area contributed by atoms with Gasteiger partial charge in [0.2, 0.25) is 0 Å². The van der Waals surface area contributed by atoms with E-state index in [9.17, 15) is 0 Å². The zero-order chi connectivity index (χ0) is 15.7. The van der Waals surface area contributed by atoms with Gasteiger partial charge in [-0.25, -0.2) is 0 Å². The molecule has 6 aromatic rings. The molecule has 0 fully saturated rings. The quantitative estimate of drug-likeness (QED) is 0.250. The van der Waals surface area contributed by atoms with E-state index < -0.39 is 0 Å². The summed E-state index contributed by atoms with van der Waals surface area (Å²) in [7, 11) is 0. The summed E-state index contributed by atoms with van der Waals surface area (Å²) in [6.45, 7) is 0. The van der Waals surface area contributed by atoms with Gasteiger partial charge < -0.3 is 0 Å². The Hall–Kier alpha value is -2.42. The molecule has 0 bridgehead atoms. The molecule has 0 aliphatic rings. The second-order valence-electron chi connectivity index (χ2n) is 6.23. The Morgan fingerprint density at radius 2 is 0.750 bits per heavy atom. The van der Waals surface area contributed by atoms with Crippen molar-refractivity contribution in [3.05, 3.63) is 71.4 Å². The van der Waals surface area contributed by atoms with Gasteiger partial charge >= 0.3 is 0 Å². The molecule has 0 saturated carbocycles. The molecule has 0 atom stereocenters. The van der Waals surface area contributed by atoms with Gasteiger partial charge in [-0.1, -0.05) is 48.5 Å². The summed E-state index contributed by atoms with van der Waals surface area (Å²) in [5.74, 6) is 0. The van der Waals surface area contributed by atoms with Gasteiger partial charge in [0.25, 0.3) is 0 Å². The molecule has 2 heteroatoms. The van der Waals surface area contributed by atoms with E-state index in [1.54, 1.807) is 0 Å². The van der Waals surface area contributed by atoms with Crippen molar-refractivity contribution in [1.82, 2.24) is 0 Å². The first kappa shape index (κ1) is 12.9. The smallest absolute Gasteiger partial charge is 0.0421 e. The first-order valence-corrected chi connectivity index (χ1v) is 9.78. The van der Waals surface area contributed by atoms with E-state index in [1.165, 1.54) is 52.5 Å². The van der Waals surface area contributed by atoms with Gasteiger partial charge in [-0.15, -0.1) is 22.7 Å². The SMILES string of the molecule is c1cc2ccc3c4ccc5c(ccc6ccsc65)c4ccc3c2s1. The summed E-state index contributed by atoms with van der Waals surface area (Å²) >= 11 is 3.67. The molecule has 0 nitrogen and oxygen atoms in total. The fourth-order valence-electron chi connectivity index (χ4n) is 3.89. The maximum absolute atomic E-state index is 2.30. The van der Waals surface area contributed by atoms with Crippen LogP contribution in [-0.4, -0.2) is 0 Å². The van der Waals surface area contributed by atoms with E-state index in [0.29, 0.717) is 0 Å². The predicted molar refractivity (Wildman–Crippen MR) is 110 cm³/mol. The summed E-state index contributed by atoms with van der Waals surface area (Å²) in [5, 5.41) is 15.2. The summed E-state index contributed by atoms with van der Waals surface area (Å²) in [6.07, 6.45) is 0. The Bertz CT molecular complexity index is 1290. The van der Waals surface area contributed by atoms with Gasteiger partial charge in [-0.3, -0.25) is 0 Å². The normalized spacial score (nSPS) is 12.2. The van der Waals surface area contributed by atoms with Crippen LogP contribution in [0.1, 0.15) is 0 Å². The lowest BCUT2D eigenvalue weighted by Gasteiger charge is -2.09. The highest BCUT2D eigenvalue weighted by molar-refractivity contribution is 7.18. The average molecular weight is 340 g/mol. The minimum atomic E-state index is 1.34. The fourth-order valence-corrected chi connectivity index (χ4v) is 5.75. The van der Waals surface area contributed by atoms with E-state index in [-0.39, 0.29) is 0 Å². The topological polar surface area (TPSA) is 0 Å². The summed E-state index contributed by atoms with van der Waals surface area (Å²) < 4.78 is 2.78. The van der Waals surface area contributed by atoms with Crippen LogP contribution in [0.25, 0.3) is 52.5 Å². The van der Waals surface area contributed by atoms with Crippen LogP contribution in [0.15, 0.2) is 71.4 Å². The monoisotopic (exact) mass is 340 g/mol. The van der Waals surface area contributed by atoms with Crippen molar-refractivity contribution >= 4 is 75.2 Å². The molecule has 0 amide bonds. The van der Waals surface area contributed by atoms with Crippen LogP contribution in [0.3, 0.4) is 0 Å². The summed E-state index contributed by atoms with van der Waals surface area (Å²) in [4.78, 5) is 0. The van der Waals surface area contributed by atoms with E-state index in [4.69, 9.17) is 0 Å². The van der Waals surface area contributed by atoms with Crippen LogP contribution >= 0.6 is 22.7 Å². The molecule has 0 aliphatic heterocycles. The molecule has 0 unspecified atom stereocenters. The molecule has 6 rings (SSSR count). The lowest BCUT2D eigenvalue weighted by atomic mass is 9.96. The fraction of sp³-hybridized carbons (Fsp3) is 0. The lowest BCUT2D eigenvalue weighted by molar-refractivity contribution is 1.86. The molecule has 0 aliphatic carbocycles. The Morgan fingerprint density at radius 1 is 0.375 bits per heavy atom. The number of fused-ring (bicyclic) bond motifs is 9. The van der Waals surface area contributed by atoms with E-state index in [1.807, 2.05) is 22.7 Å². The van der Waals surface area contributed by atoms with E-state index >= 15 is 0 Å². The van der Waals surface area contributed by atoms with Crippen LogP contribution in [0, 0.1) is 0 Å². The maximum Gasteiger partial charge on any atom is 0.0421 e. The Labute approximate surface area is 146 Å². The zero-order valence-electron chi connectivity index (χ0n) is 12.7. The average Bonchev–Trinajstić information content (AvgIpc) is 3.29. The molecule has 24 heavy (non-hydrogen) atoms. The standard InChI is InChI=1S/C22H12S2/c1-3-17-15-5-8-20-18(4-2-14-10-12-24-22(14)20)16(15)6-7-19(17)21-13(1)9-11-23-21/h1-12H. The van der Waals surface area contributed by atoms with Crippen LogP contribution in [0.5, 0.6) is 0 Å². The van der Waals surface area contributed by atoms with Crippen LogP contribution in [0.2, 0.25) is 0 Å². The second-order valence-corrected chi connectivity index (χ2v) is 8.06. The van der Waals surface area contributed by atoms with Gasteiger partial charge in [0.1, 0.15) is 0 Å². The highest BCUT2D eigenvalue weighted by atomic mass is 32.1. The van der Waals surface area contributed by atoms with Gasteiger partial charge in [-0.2, -0.15) is 0 Å². The van der Waals surface area contributed by atoms with Crippen LogP contribution in [-0.2, 0) is 0 Å². The molecular weight excluding hydrogens is 328 g/mol. The third kappa shape index (κ3) is 1.57. The van der Waals surface area contributed by atoms with Crippen molar-refractivity contribution in [2.45, 2.75) is 0 Å². The molecular formula is C22H12S2. The molecule has 4 aromatic carbocycles. The lowest BCUT2D eigenvalue weighted by Crippen LogP contribution is -1.81. The van der Waals surface area contributed by atoms with Crippen molar-refractivity contribution < 1.29 is 0 Å². The number of hydrogen-bond donors (Lipinski definition) is 0. The Kier molecular flexibility index (Phi) is 2.46. The molecule has 0 spiro atoms. The molecule has 2 heterocycles. The zero-order valence-corrected chi connectivity index (χ0v) is 14.4. The number of rotatable bonds is 0. The Morgan fingerprint density at radius 3 is 1.25 bits per heavy atom. The Balaban J connectivity index is 1.86. The molecule has 0 N–H and O–H groups in total. The van der Waals surface area contributed by atoms with Gasteiger partial charge in [0.05, 0.1) is 0 Å². The molecule has 2 aromatic heterocycles. The first-order valence-electron chi connectivity index (χ1n) is 8.02. The van der Waals surface area contributed by atoms with Gasteiger partial charge in [-0.05, 0) is 55.2 Å². The number of hydrogen-bond acceptors (Lipinski definition) is 2. The van der Waals surface area contributed by atoms with E-state index in [2.05, 4.69) is 71.4 Å². The molecule has 0 radical (unpaired) electrons. The van der Waals surface area contributed by atoms with Crippen molar-refractivity contribution in [2.24, 2.45) is 0 Å². The molecule has 112 valence electrons. The largest absolute Gasteiger partial charge is 0.143 e. The van der Waals surface area contributed by atoms with Crippen molar-refractivity contribution in [2.75, 3.05) is 0 Å². The van der Waals surface area contributed by atoms with Crippen molar-refractivity contribution in [3.8, 4) is 0 Å². The molecule has 0 saturated heterocycles. The minimum absolute atomic E-state index is 1.34. The number of thiophene rings is 2. The third-order valence-corrected chi connectivity index (χ3v) is 6.95. The predicted octanol–water partition coefficient (Wildman–Crippen LogP) is 7.58. The van der Waals surface area contributed by atoms with Crippen molar-refractivity contribution in [3.63, 3.8) is 0 Å². The summed E-state index contributed by atoms with van der Waals surface area (Å²) in [6, 6.07) is 22.7. The minimum Gasteiger partial charge on any atom is -0.143 e. The first-order chi connectivity index (χ1) is 11.9. The second kappa shape index (κ2) is 4.56. The van der Waals surface area contributed by atoms with Crippen LogP contribution in [0.4, 0.5) is 0 Å². The highest BCUT2D eigenvalue weighted by Crippen LogP contribution is 2.38. The van der Waals surface area contributed by atoms with Crippen LogP contribution < -0.4 is 0 Å². The maximum atomic E-state index is 2.30. The van der Waals surface area contributed by atoms with Gasteiger partial charge in [0, 0.05) is 20.2 Å². The summed E-state index contributed by atoms with van der Waals surface area (Å²) in [5.41, 5.74) is 0. The van der Waals surface area contributed by atoms with Gasteiger partial charge in [0.15, 0.2) is 0 Å². The highest BCUT2D eigenvalue weighted by Gasteiger charge is 2.09. The van der Waals surface area contributed by atoms with Crippen molar-refractivity contribution in [1.29, 1.82) is 0 Å². The number of benzene rings is 4.